The van der Waals surface area contributed by atoms with Gasteiger partial charge in [0.2, 0.25) is 0 Å². The van der Waals surface area contributed by atoms with Crippen LogP contribution >= 0.6 is 0 Å². The fraction of sp³-hybridized carbons (Fsp3) is 0.316. The number of hydroxylamine groups is 1. The molecule has 1 spiro atoms. The van der Waals surface area contributed by atoms with Crippen molar-refractivity contribution in [2.75, 3.05) is 0 Å². The standard InChI is InChI=1S/C19H19FN2O/c20-15-7-4-13(5-8-15)14-6-9-17-16(12-14)19(18(21-17)22-23)10-2-1-3-11-19/h4-9,12,23H,1-3,10-11H2,(H,21,22). The van der Waals surface area contributed by atoms with E-state index in [1.54, 1.807) is 12.1 Å². The van der Waals surface area contributed by atoms with E-state index in [4.69, 9.17) is 0 Å². The van der Waals surface area contributed by atoms with E-state index in [9.17, 15) is 9.60 Å². The first-order valence-corrected chi connectivity index (χ1v) is 8.13. The van der Waals surface area contributed by atoms with Crippen LogP contribution < -0.4 is 5.48 Å². The van der Waals surface area contributed by atoms with Crippen LogP contribution in [-0.2, 0) is 5.41 Å². The van der Waals surface area contributed by atoms with E-state index in [0.29, 0.717) is 5.84 Å². The molecule has 4 heteroatoms. The second-order valence-corrected chi connectivity index (χ2v) is 6.45. The molecule has 1 aliphatic heterocycles. The molecule has 1 fully saturated rings. The highest BCUT2D eigenvalue weighted by Crippen LogP contribution is 2.49. The predicted molar refractivity (Wildman–Crippen MR) is 88.6 cm³/mol. The molecule has 0 atom stereocenters. The summed E-state index contributed by atoms with van der Waals surface area (Å²) in [6, 6.07) is 12.7. The molecule has 0 aromatic heterocycles. The predicted octanol–water partition coefficient (Wildman–Crippen LogP) is 4.72. The molecule has 0 saturated heterocycles. The molecular formula is C19H19FN2O. The molecule has 1 heterocycles. The fourth-order valence-electron chi connectivity index (χ4n) is 3.99. The number of halogens is 1. The first-order chi connectivity index (χ1) is 11.2. The zero-order valence-corrected chi connectivity index (χ0v) is 12.8. The van der Waals surface area contributed by atoms with Gasteiger partial charge in [-0.1, -0.05) is 37.5 Å². The Morgan fingerprint density at radius 3 is 2.35 bits per heavy atom. The molecule has 2 aromatic carbocycles. The van der Waals surface area contributed by atoms with Crippen LogP contribution in [-0.4, -0.2) is 11.0 Å². The number of nitrogens with zero attached hydrogens (tertiary/aromatic N) is 1. The molecule has 2 N–H and O–H groups in total. The highest BCUT2D eigenvalue weighted by molar-refractivity contribution is 6.00. The lowest BCUT2D eigenvalue weighted by Crippen LogP contribution is -2.42. The number of hydrogen-bond acceptors (Lipinski definition) is 3. The van der Waals surface area contributed by atoms with Crippen molar-refractivity contribution in [2.45, 2.75) is 37.5 Å². The van der Waals surface area contributed by atoms with Crippen molar-refractivity contribution in [2.24, 2.45) is 4.99 Å². The zero-order valence-electron chi connectivity index (χ0n) is 12.8. The molecule has 4 rings (SSSR count). The average molecular weight is 310 g/mol. The lowest BCUT2D eigenvalue weighted by molar-refractivity contribution is 0.218. The molecule has 3 nitrogen and oxygen atoms in total. The molecule has 0 unspecified atom stereocenters. The van der Waals surface area contributed by atoms with Gasteiger partial charge in [0, 0.05) is 0 Å². The summed E-state index contributed by atoms with van der Waals surface area (Å²) < 4.78 is 13.2. The number of benzene rings is 2. The molecule has 0 bridgehead atoms. The lowest BCUT2D eigenvalue weighted by atomic mass is 9.69. The summed E-state index contributed by atoms with van der Waals surface area (Å²) in [5.41, 5.74) is 6.29. The second kappa shape index (κ2) is 5.46. The Kier molecular flexibility index (Phi) is 3.42. The SMILES string of the molecule is ONC1=Nc2ccc(-c3ccc(F)cc3)cc2C12CCCCC2. The Hall–Kier alpha value is -2.20. The van der Waals surface area contributed by atoms with Gasteiger partial charge in [-0.2, -0.15) is 0 Å². The van der Waals surface area contributed by atoms with Crippen molar-refractivity contribution in [3.63, 3.8) is 0 Å². The van der Waals surface area contributed by atoms with Crippen LogP contribution in [0, 0.1) is 5.82 Å². The first-order valence-electron chi connectivity index (χ1n) is 8.13. The minimum absolute atomic E-state index is 0.196. The number of amidine groups is 1. The van der Waals surface area contributed by atoms with Crippen LogP contribution in [0.3, 0.4) is 0 Å². The van der Waals surface area contributed by atoms with Gasteiger partial charge in [-0.3, -0.25) is 10.7 Å². The van der Waals surface area contributed by atoms with Gasteiger partial charge < -0.3 is 0 Å². The Bertz CT molecular complexity index is 761. The van der Waals surface area contributed by atoms with Crippen molar-refractivity contribution in [3.05, 3.63) is 53.8 Å². The molecule has 118 valence electrons. The molecule has 1 aliphatic carbocycles. The number of nitrogens with one attached hydrogen (secondary N) is 1. The zero-order chi connectivity index (χ0) is 15.9. The van der Waals surface area contributed by atoms with Crippen molar-refractivity contribution in [3.8, 4) is 11.1 Å². The molecule has 23 heavy (non-hydrogen) atoms. The number of aliphatic imine (C=N–C) groups is 1. The number of rotatable bonds is 1. The van der Waals surface area contributed by atoms with Crippen LogP contribution in [0.4, 0.5) is 10.1 Å². The average Bonchev–Trinajstić information content (AvgIpc) is 2.89. The Labute approximate surface area is 134 Å². The summed E-state index contributed by atoms with van der Waals surface area (Å²) in [6.45, 7) is 0. The smallest absolute Gasteiger partial charge is 0.136 e. The van der Waals surface area contributed by atoms with Crippen molar-refractivity contribution >= 4 is 11.5 Å². The molecular weight excluding hydrogens is 291 g/mol. The fourth-order valence-corrected chi connectivity index (χ4v) is 3.99. The summed E-state index contributed by atoms with van der Waals surface area (Å²) in [4.78, 5) is 4.59. The van der Waals surface area contributed by atoms with E-state index < -0.39 is 0 Å². The summed E-state index contributed by atoms with van der Waals surface area (Å²) in [5.74, 6) is 0.442. The lowest BCUT2D eigenvalue weighted by Gasteiger charge is -2.35. The van der Waals surface area contributed by atoms with Crippen LogP contribution in [0.1, 0.15) is 37.7 Å². The number of fused-ring (bicyclic) bond motifs is 2. The van der Waals surface area contributed by atoms with Crippen LogP contribution in [0.15, 0.2) is 47.5 Å². The number of hydrogen-bond donors (Lipinski definition) is 2. The van der Waals surface area contributed by atoms with Crippen LogP contribution in [0.5, 0.6) is 0 Å². The van der Waals surface area contributed by atoms with E-state index in [2.05, 4.69) is 16.5 Å². The summed E-state index contributed by atoms with van der Waals surface area (Å²) in [7, 11) is 0. The molecule has 2 aliphatic rings. The third-order valence-corrected chi connectivity index (χ3v) is 5.19. The maximum absolute atomic E-state index is 13.2. The Morgan fingerprint density at radius 1 is 0.957 bits per heavy atom. The van der Waals surface area contributed by atoms with Gasteiger partial charge in [0.25, 0.3) is 0 Å². The quantitative estimate of drug-likeness (QED) is 0.749. The minimum atomic E-state index is -0.228. The topological polar surface area (TPSA) is 44.6 Å². The van der Waals surface area contributed by atoms with E-state index in [1.165, 1.54) is 24.1 Å². The van der Waals surface area contributed by atoms with E-state index >= 15 is 0 Å². The largest absolute Gasteiger partial charge is 0.290 e. The second-order valence-electron chi connectivity index (χ2n) is 6.45. The van der Waals surface area contributed by atoms with Gasteiger partial charge in [0.15, 0.2) is 0 Å². The van der Waals surface area contributed by atoms with Crippen molar-refractivity contribution in [1.82, 2.24) is 5.48 Å². The maximum atomic E-state index is 13.2. The van der Waals surface area contributed by atoms with Crippen LogP contribution in [0.2, 0.25) is 0 Å². The molecule has 1 saturated carbocycles. The van der Waals surface area contributed by atoms with Gasteiger partial charge in [-0.15, -0.1) is 0 Å². The first kappa shape index (κ1) is 14.4. The monoisotopic (exact) mass is 310 g/mol. The highest BCUT2D eigenvalue weighted by atomic mass is 19.1. The van der Waals surface area contributed by atoms with Crippen molar-refractivity contribution < 1.29 is 9.60 Å². The van der Waals surface area contributed by atoms with E-state index in [0.717, 1.165) is 42.5 Å². The summed E-state index contributed by atoms with van der Waals surface area (Å²) >= 11 is 0. The molecule has 0 radical (unpaired) electrons. The van der Waals surface area contributed by atoms with Gasteiger partial charge in [-0.25, -0.2) is 9.38 Å². The normalized spacial score (nSPS) is 18.6. The third-order valence-electron chi connectivity index (χ3n) is 5.19. The minimum Gasteiger partial charge on any atom is -0.290 e. The maximum Gasteiger partial charge on any atom is 0.136 e. The van der Waals surface area contributed by atoms with Gasteiger partial charge in [0.1, 0.15) is 11.7 Å². The van der Waals surface area contributed by atoms with E-state index in [-0.39, 0.29) is 11.2 Å². The van der Waals surface area contributed by atoms with E-state index in [1.807, 2.05) is 12.1 Å². The summed E-state index contributed by atoms with van der Waals surface area (Å²) in [6.07, 6.45) is 5.51. The Morgan fingerprint density at radius 2 is 1.65 bits per heavy atom. The van der Waals surface area contributed by atoms with Gasteiger partial charge in [-0.05, 0) is 53.8 Å². The van der Waals surface area contributed by atoms with Gasteiger partial charge in [0.05, 0.1) is 11.1 Å². The summed E-state index contributed by atoms with van der Waals surface area (Å²) in [5, 5.41) is 9.55. The van der Waals surface area contributed by atoms with Gasteiger partial charge >= 0.3 is 0 Å². The third kappa shape index (κ3) is 2.25. The van der Waals surface area contributed by atoms with Crippen LogP contribution in [0.25, 0.3) is 11.1 Å². The molecule has 2 aromatic rings. The van der Waals surface area contributed by atoms with Crippen molar-refractivity contribution in [1.29, 1.82) is 0 Å². The highest BCUT2D eigenvalue weighted by Gasteiger charge is 2.44. The Balaban J connectivity index is 1.81. The molecule has 0 amide bonds.